The van der Waals surface area contributed by atoms with Gasteiger partial charge in [0.05, 0.1) is 24.8 Å². The van der Waals surface area contributed by atoms with Crippen LogP contribution in [0.5, 0.6) is 17.4 Å². The van der Waals surface area contributed by atoms with Gasteiger partial charge in [0, 0.05) is 31.3 Å². The number of para-hydroxylation sites is 1. The minimum Gasteiger partial charge on any atom is -0.479 e. The van der Waals surface area contributed by atoms with Gasteiger partial charge in [-0.2, -0.15) is 0 Å². The maximum absolute atomic E-state index is 13.8. The Morgan fingerprint density at radius 1 is 1.27 bits per heavy atom. The zero-order valence-corrected chi connectivity index (χ0v) is 20.6. The molecule has 1 atom stereocenters. The Bertz CT molecular complexity index is 1400. The summed E-state index contributed by atoms with van der Waals surface area (Å²) in [4.78, 5) is 15.2. The van der Waals surface area contributed by atoms with E-state index < -0.39 is 6.29 Å². The molecule has 4 heterocycles. The molecule has 11 heteroatoms. The van der Waals surface area contributed by atoms with Crippen LogP contribution in [0.25, 0.3) is 11.8 Å². The number of aromatic nitrogens is 3. The van der Waals surface area contributed by atoms with Crippen LogP contribution in [-0.4, -0.2) is 58.1 Å². The quantitative estimate of drug-likeness (QED) is 0.393. The Morgan fingerprint density at radius 3 is 2.86 bits per heavy atom. The van der Waals surface area contributed by atoms with Crippen LogP contribution in [0.2, 0.25) is 0 Å². The SMILES string of the molecule is COc1nc(/C=C/C(=N)N=C2[C@@H](c3cccc4c3OC(F)(F)O4)CCCN2C)ccc1-n1cnc(C)c1. The van der Waals surface area contributed by atoms with Gasteiger partial charge >= 0.3 is 6.29 Å². The number of likely N-dealkylation sites (N-methyl/N-ethyl adjacent to an activating group) is 1. The van der Waals surface area contributed by atoms with E-state index >= 15 is 0 Å². The minimum atomic E-state index is -3.70. The molecule has 0 radical (unpaired) electrons. The van der Waals surface area contributed by atoms with E-state index in [9.17, 15) is 8.78 Å². The van der Waals surface area contributed by atoms with Gasteiger partial charge in [0.15, 0.2) is 11.5 Å². The third-order valence-electron chi connectivity index (χ3n) is 6.22. The summed E-state index contributed by atoms with van der Waals surface area (Å²) in [6.45, 7) is 2.64. The van der Waals surface area contributed by atoms with Crippen LogP contribution in [0.3, 0.4) is 0 Å². The van der Waals surface area contributed by atoms with Gasteiger partial charge in [-0.15, -0.1) is 8.78 Å². The molecule has 0 spiro atoms. The second-order valence-corrected chi connectivity index (χ2v) is 8.83. The van der Waals surface area contributed by atoms with Crippen molar-refractivity contribution >= 4 is 17.7 Å². The van der Waals surface area contributed by atoms with Crippen molar-refractivity contribution in [2.24, 2.45) is 4.99 Å². The van der Waals surface area contributed by atoms with Crippen LogP contribution < -0.4 is 14.2 Å². The van der Waals surface area contributed by atoms with Crippen LogP contribution in [0.1, 0.15) is 35.7 Å². The van der Waals surface area contributed by atoms with Gasteiger partial charge in [0.25, 0.3) is 0 Å². The first-order valence-electron chi connectivity index (χ1n) is 11.7. The number of piperidine rings is 1. The number of hydrogen-bond donors (Lipinski definition) is 1. The van der Waals surface area contributed by atoms with Crippen LogP contribution >= 0.6 is 0 Å². The van der Waals surface area contributed by atoms with E-state index in [-0.39, 0.29) is 23.3 Å². The Hall–Kier alpha value is -4.28. The molecule has 5 rings (SSSR count). The summed E-state index contributed by atoms with van der Waals surface area (Å²) >= 11 is 0. The van der Waals surface area contributed by atoms with Crippen molar-refractivity contribution in [1.29, 1.82) is 5.41 Å². The number of nitrogens with zero attached hydrogens (tertiary/aromatic N) is 5. The second-order valence-electron chi connectivity index (χ2n) is 8.83. The summed E-state index contributed by atoms with van der Waals surface area (Å²) in [7, 11) is 3.42. The number of rotatable bonds is 5. The molecule has 0 bridgehead atoms. The summed E-state index contributed by atoms with van der Waals surface area (Å²) in [5.41, 5.74) is 2.77. The van der Waals surface area contributed by atoms with Crippen molar-refractivity contribution in [3.63, 3.8) is 0 Å². The molecule has 0 saturated carbocycles. The number of aryl methyl sites for hydroxylation is 1. The summed E-state index contributed by atoms with van der Waals surface area (Å²) in [5, 5.41) is 8.46. The topological polar surface area (TPSA) is 97.9 Å². The van der Waals surface area contributed by atoms with Crippen molar-refractivity contribution in [3.05, 3.63) is 65.9 Å². The lowest BCUT2D eigenvalue weighted by Gasteiger charge is -2.33. The highest BCUT2D eigenvalue weighted by atomic mass is 19.3. The lowest BCUT2D eigenvalue weighted by atomic mass is 9.88. The zero-order chi connectivity index (χ0) is 26.2. The van der Waals surface area contributed by atoms with E-state index in [4.69, 9.17) is 14.9 Å². The van der Waals surface area contributed by atoms with E-state index in [1.807, 2.05) is 41.8 Å². The van der Waals surface area contributed by atoms with E-state index in [0.29, 0.717) is 29.4 Å². The number of alkyl halides is 2. The van der Waals surface area contributed by atoms with E-state index in [2.05, 4.69) is 19.7 Å². The number of likely N-dealkylation sites (tertiary alicyclic amines) is 1. The lowest BCUT2D eigenvalue weighted by Crippen LogP contribution is -2.38. The molecule has 1 N–H and O–H groups in total. The third-order valence-corrected chi connectivity index (χ3v) is 6.22. The molecule has 2 aromatic heterocycles. The van der Waals surface area contributed by atoms with Crippen LogP contribution in [-0.2, 0) is 0 Å². The summed E-state index contributed by atoms with van der Waals surface area (Å²) in [5.74, 6) is 0.715. The van der Waals surface area contributed by atoms with Crippen molar-refractivity contribution in [1.82, 2.24) is 19.4 Å². The summed E-state index contributed by atoms with van der Waals surface area (Å²) < 4.78 is 44.2. The van der Waals surface area contributed by atoms with Gasteiger partial charge < -0.3 is 23.7 Å². The molecule has 37 heavy (non-hydrogen) atoms. The first-order valence-corrected chi connectivity index (χ1v) is 11.7. The smallest absolute Gasteiger partial charge is 0.479 e. The van der Waals surface area contributed by atoms with Gasteiger partial charge in [-0.1, -0.05) is 12.1 Å². The van der Waals surface area contributed by atoms with Crippen molar-refractivity contribution in [2.45, 2.75) is 32.0 Å². The number of ether oxygens (including phenoxy) is 3. The number of methoxy groups -OCH3 is 1. The average Bonchev–Trinajstić information content (AvgIpc) is 3.44. The van der Waals surface area contributed by atoms with Crippen LogP contribution in [0, 0.1) is 12.3 Å². The normalized spacial score (nSPS) is 19.5. The molecular formula is C26H26F2N6O3. The molecule has 1 fully saturated rings. The minimum absolute atomic E-state index is 0.000582. The molecule has 3 aromatic rings. The molecule has 1 saturated heterocycles. The Kier molecular flexibility index (Phi) is 6.36. The lowest BCUT2D eigenvalue weighted by molar-refractivity contribution is -0.287. The highest BCUT2D eigenvalue weighted by Gasteiger charge is 2.45. The number of amidine groups is 2. The van der Waals surface area contributed by atoms with Crippen LogP contribution in [0.15, 0.2) is 53.9 Å². The monoisotopic (exact) mass is 508 g/mol. The van der Waals surface area contributed by atoms with Crippen molar-refractivity contribution in [2.75, 3.05) is 20.7 Å². The molecular weight excluding hydrogens is 482 g/mol. The van der Waals surface area contributed by atoms with Gasteiger partial charge in [0.1, 0.15) is 17.4 Å². The van der Waals surface area contributed by atoms with Crippen LogP contribution in [0.4, 0.5) is 8.78 Å². The number of aliphatic imine (C=N–C) groups is 1. The van der Waals surface area contributed by atoms with Gasteiger partial charge in [-0.05, 0) is 50.1 Å². The molecule has 2 aliphatic rings. The zero-order valence-electron chi connectivity index (χ0n) is 20.6. The standard InChI is InChI=1S/C26H26F2N6O3/c1-16-14-34(15-30-16)20-11-9-17(31-25(20)35-3)10-12-22(29)32-24-19(7-5-13-33(24)2)18-6-4-8-21-23(18)37-26(27,28)36-21/h4,6,8-12,14-15,19,29H,5,7,13H2,1-3H3/b12-10+,29-22?,32-24?/t19-/m1/s1. The number of fused-ring (bicyclic) bond motifs is 1. The van der Waals surface area contributed by atoms with E-state index in [1.165, 1.54) is 6.07 Å². The average molecular weight is 509 g/mol. The maximum Gasteiger partial charge on any atom is 0.586 e. The Morgan fingerprint density at radius 2 is 2.11 bits per heavy atom. The predicted octanol–water partition coefficient (Wildman–Crippen LogP) is 4.80. The van der Waals surface area contributed by atoms with Crippen molar-refractivity contribution in [3.8, 4) is 23.1 Å². The highest BCUT2D eigenvalue weighted by molar-refractivity contribution is 6.05. The number of halogens is 2. The molecule has 9 nitrogen and oxygen atoms in total. The molecule has 0 aliphatic carbocycles. The largest absolute Gasteiger partial charge is 0.586 e. The number of benzene rings is 1. The maximum atomic E-state index is 13.8. The Balaban J connectivity index is 1.39. The Labute approximate surface area is 212 Å². The first kappa shape index (κ1) is 24.4. The number of nitrogens with one attached hydrogen (secondary N) is 1. The first-order chi connectivity index (χ1) is 17.7. The summed E-state index contributed by atoms with van der Waals surface area (Å²) in [6, 6.07) is 8.52. The number of hydrogen-bond acceptors (Lipinski definition) is 6. The van der Waals surface area contributed by atoms with E-state index in [1.54, 1.807) is 37.7 Å². The fourth-order valence-corrected chi connectivity index (χ4v) is 4.53. The van der Waals surface area contributed by atoms with Gasteiger partial charge in [-0.3, -0.25) is 5.41 Å². The van der Waals surface area contributed by atoms with Gasteiger partial charge in [-0.25, -0.2) is 15.0 Å². The fourth-order valence-electron chi connectivity index (χ4n) is 4.53. The molecule has 2 aliphatic heterocycles. The predicted molar refractivity (Wildman–Crippen MR) is 134 cm³/mol. The highest BCUT2D eigenvalue weighted by Crippen LogP contribution is 2.47. The van der Waals surface area contributed by atoms with E-state index in [0.717, 1.165) is 24.3 Å². The van der Waals surface area contributed by atoms with Gasteiger partial charge in [0.2, 0.25) is 5.88 Å². The molecule has 0 amide bonds. The molecule has 192 valence electrons. The molecule has 0 unspecified atom stereocenters. The second kappa shape index (κ2) is 9.64. The third kappa shape index (κ3) is 5.02. The molecule has 1 aromatic carbocycles. The van der Waals surface area contributed by atoms with Crippen molar-refractivity contribution < 1.29 is 23.0 Å². The summed E-state index contributed by atoms with van der Waals surface area (Å²) in [6.07, 6.45) is 4.60. The number of imidazole rings is 1. The fraction of sp³-hybridized carbons (Fsp3) is 0.308. The number of pyridine rings is 1.